The Morgan fingerprint density at radius 2 is 1.57 bits per heavy atom. The van der Waals surface area contributed by atoms with Gasteiger partial charge >= 0.3 is 10.1 Å². The predicted octanol–water partition coefficient (Wildman–Crippen LogP) is 3.19. The van der Waals surface area contributed by atoms with E-state index in [1.165, 1.54) is 12.1 Å². The quantitative estimate of drug-likeness (QED) is 0.595. The lowest BCUT2D eigenvalue weighted by Gasteiger charge is -2.08. The Bertz CT molecular complexity index is 904. The monoisotopic (exact) mass is 299 g/mol. The highest BCUT2D eigenvalue weighted by Gasteiger charge is 2.17. The molecule has 3 rings (SSSR count). The Morgan fingerprint density at radius 3 is 2.33 bits per heavy atom. The van der Waals surface area contributed by atoms with E-state index in [2.05, 4.69) is 0 Å². The third-order valence-electron chi connectivity index (χ3n) is 3.07. The molecule has 5 heteroatoms. The summed E-state index contributed by atoms with van der Waals surface area (Å²) in [6.07, 6.45) is 0. The van der Waals surface area contributed by atoms with Gasteiger partial charge in [-0.2, -0.15) is 8.42 Å². The van der Waals surface area contributed by atoms with Gasteiger partial charge in [-0.3, -0.25) is 0 Å². The van der Waals surface area contributed by atoms with Crippen LogP contribution in [0.1, 0.15) is 0 Å². The van der Waals surface area contributed by atoms with Crippen LogP contribution in [0, 0.1) is 0 Å². The van der Waals surface area contributed by atoms with E-state index in [4.69, 9.17) is 9.92 Å². The van der Waals surface area contributed by atoms with E-state index in [0.717, 1.165) is 10.8 Å². The smallest absolute Gasteiger partial charge is 0.339 e. The van der Waals surface area contributed by atoms with Crippen molar-refractivity contribution in [2.45, 2.75) is 4.90 Å². The van der Waals surface area contributed by atoms with Crippen LogP contribution in [0.3, 0.4) is 0 Å². The highest BCUT2D eigenvalue weighted by molar-refractivity contribution is 7.87. The third kappa shape index (κ3) is 2.83. The van der Waals surface area contributed by atoms with E-state index in [1.54, 1.807) is 30.3 Å². The summed E-state index contributed by atoms with van der Waals surface area (Å²) in [6.45, 7) is 0. The van der Waals surface area contributed by atoms with Gasteiger partial charge in [0, 0.05) is 11.8 Å². The van der Waals surface area contributed by atoms with Crippen molar-refractivity contribution in [1.82, 2.24) is 0 Å². The lowest BCUT2D eigenvalue weighted by Crippen LogP contribution is -2.09. The minimum atomic E-state index is -3.88. The van der Waals surface area contributed by atoms with Crippen LogP contribution in [-0.2, 0) is 10.1 Å². The number of hydrogen-bond acceptors (Lipinski definition) is 4. The Labute approximate surface area is 122 Å². The molecule has 0 saturated heterocycles. The summed E-state index contributed by atoms with van der Waals surface area (Å²) in [5, 5.41) is 1.81. The second kappa shape index (κ2) is 5.10. The summed E-state index contributed by atoms with van der Waals surface area (Å²) < 4.78 is 29.7. The molecule has 0 saturated carbocycles. The van der Waals surface area contributed by atoms with Crippen molar-refractivity contribution in [3.63, 3.8) is 0 Å². The minimum Gasteiger partial charge on any atom is -0.399 e. The molecule has 3 aromatic rings. The summed E-state index contributed by atoms with van der Waals surface area (Å²) in [6, 6.07) is 18.7. The largest absolute Gasteiger partial charge is 0.399 e. The van der Waals surface area contributed by atoms with E-state index in [1.807, 2.05) is 24.3 Å². The number of rotatable bonds is 3. The fourth-order valence-electron chi connectivity index (χ4n) is 2.06. The van der Waals surface area contributed by atoms with E-state index >= 15 is 0 Å². The van der Waals surface area contributed by atoms with Crippen molar-refractivity contribution in [2.24, 2.45) is 0 Å². The molecule has 2 N–H and O–H groups in total. The summed E-state index contributed by atoms with van der Waals surface area (Å²) in [5.74, 6) is 0.197. The number of nitrogens with two attached hydrogens (primary N) is 1. The molecule has 106 valence electrons. The average molecular weight is 299 g/mol. The maximum absolute atomic E-state index is 12.3. The summed E-state index contributed by atoms with van der Waals surface area (Å²) >= 11 is 0. The van der Waals surface area contributed by atoms with Crippen molar-refractivity contribution in [3.8, 4) is 5.75 Å². The van der Waals surface area contributed by atoms with E-state index < -0.39 is 10.1 Å². The number of nitrogen functional groups attached to an aromatic ring is 1. The first-order valence-corrected chi connectivity index (χ1v) is 7.74. The van der Waals surface area contributed by atoms with Crippen LogP contribution >= 0.6 is 0 Å². The zero-order valence-corrected chi connectivity index (χ0v) is 11.9. The van der Waals surface area contributed by atoms with E-state index in [0.29, 0.717) is 5.69 Å². The molecule has 0 amide bonds. The normalized spacial score (nSPS) is 11.4. The Kier molecular flexibility index (Phi) is 3.27. The molecule has 0 spiro atoms. The van der Waals surface area contributed by atoms with Crippen LogP contribution in [0.15, 0.2) is 71.6 Å². The zero-order chi connectivity index (χ0) is 14.9. The molecule has 0 aliphatic rings. The molecule has 0 aliphatic heterocycles. The number of hydrogen-bond donors (Lipinski definition) is 1. The molecule has 0 atom stereocenters. The molecule has 0 aliphatic carbocycles. The minimum absolute atomic E-state index is 0.114. The lowest BCUT2D eigenvalue weighted by atomic mass is 10.1. The van der Waals surface area contributed by atoms with Crippen LogP contribution in [0.5, 0.6) is 5.75 Å². The van der Waals surface area contributed by atoms with Crippen LogP contribution < -0.4 is 9.92 Å². The van der Waals surface area contributed by atoms with E-state index in [-0.39, 0.29) is 10.6 Å². The Balaban J connectivity index is 2.00. The van der Waals surface area contributed by atoms with Gasteiger partial charge in [0.25, 0.3) is 0 Å². The molecule has 21 heavy (non-hydrogen) atoms. The van der Waals surface area contributed by atoms with Gasteiger partial charge in [0.15, 0.2) is 0 Å². The lowest BCUT2D eigenvalue weighted by molar-refractivity contribution is 0.486. The highest BCUT2D eigenvalue weighted by atomic mass is 32.2. The van der Waals surface area contributed by atoms with Crippen LogP contribution in [-0.4, -0.2) is 8.42 Å². The molecule has 0 radical (unpaired) electrons. The fourth-order valence-corrected chi connectivity index (χ4v) is 3.02. The van der Waals surface area contributed by atoms with Crippen LogP contribution in [0.25, 0.3) is 10.8 Å². The van der Waals surface area contributed by atoms with Crippen molar-refractivity contribution in [3.05, 3.63) is 66.7 Å². The van der Waals surface area contributed by atoms with Gasteiger partial charge < -0.3 is 9.92 Å². The molecule has 4 nitrogen and oxygen atoms in total. The van der Waals surface area contributed by atoms with Crippen molar-refractivity contribution >= 4 is 26.6 Å². The molecule has 0 bridgehead atoms. The fraction of sp³-hybridized carbons (Fsp3) is 0. The topological polar surface area (TPSA) is 69.4 Å². The number of benzene rings is 3. The van der Waals surface area contributed by atoms with Gasteiger partial charge in [-0.25, -0.2) is 0 Å². The summed E-state index contributed by atoms with van der Waals surface area (Å²) in [4.78, 5) is 0.114. The first-order chi connectivity index (χ1) is 10.0. The Hall–Kier alpha value is -2.53. The molecular formula is C16H13NO3S. The number of anilines is 1. The maximum atomic E-state index is 12.3. The molecule has 0 heterocycles. The first-order valence-electron chi connectivity index (χ1n) is 6.33. The number of fused-ring (bicyclic) bond motifs is 1. The van der Waals surface area contributed by atoms with Crippen LogP contribution in [0.2, 0.25) is 0 Å². The molecule has 3 aromatic carbocycles. The molecule has 0 aromatic heterocycles. The van der Waals surface area contributed by atoms with Gasteiger partial charge in [0.1, 0.15) is 10.6 Å². The predicted molar refractivity (Wildman–Crippen MR) is 82.6 cm³/mol. The van der Waals surface area contributed by atoms with Crippen molar-refractivity contribution in [2.75, 3.05) is 5.73 Å². The standard InChI is InChI=1S/C16H13NO3S/c17-14-6-3-7-15(11-14)20-21(18,19)16-9-8-12-4-1-2-5-13(12)10-16/h1-11H,17H2. The van der Waals surface area contributed by atoms with Gasteiger partial charge in [-0.15, -0.1) is 0 Å². The highest BCUT2D eigenvalue weighted by Crippen LogP contribution is 2.23. The second-order valence-electron chi connectivity index (χ2n) is 4.62. The SMILES string of the molecule is Nc1cccc(OS(=O)(=O)c2ccc3ccccc3c2)c1. The van der Waals surface area contributed by atoms with Gasteiger partial charge in [0.05, 0.1) is 0 Å². The second-order valence-corrected chi connectivity index (χ2v) is 6.17. The van der Waals surface area contributed by atoms with Crippen molar-refractivity contribution in [1.29, 1.82) is 0 Å². The van der Waals surface area contributed by atoms with Crippen molar-refractivity contribution < 1.29 is 12.6 Å². The van der Waals surface area contributed by atoms with Gasteiger partial charge in [-0.05, 0) is 35.0 Å². The van der Waals surface area contributed by atoms with Gasteiger partial charge in [0.2, 0.25) is 0 Å². The van der Waals surface area contributed by atoms with Gasteiger partial charge in [-0.1, -0.05) is 36.4 Å². The first kappa shape index (κ1) is 13.5. The molecular weight excluding hydrogens is 286 g/mol. The maximum Gasteiger partial charge on any atom is 0.339 e. The molecule has 0 fully saturated rings. The summed E-state index contributed by atoms with van der Waals surface area (Å²) in [7, 11) is -3.88. The summed E-state index contributed by atoms with van der Waals surface area (Å²) in [5.41, 5.74) is 6.06. The Morgan fingerprint density at radius 1 is 0.810 bits per heavy atom. The zero-order valence-electron chi connectivity index (χ0n) is 11.1. The average Bonchev–Trinajstić information content (AvgIpc) is 2.46. The molecule has 0 unspecified atom stereocenters. The third-order valence-corrected chi connectivity index (χ3v) is 4.32. The van der Waals surface area contributed by atoms with Crippen LogP contribution in [0.4, 0.5) is 5.69 Å². The van der Waals surface area contributed by atoms with E-state index in [9.17, 15) is 8.42 Å².